The molecule has 0 radical (unpaired) electrons. The molecule has 10 heteroatoms. The second-order valence-corrected chi connectivity index (χ2v) is 8.78. The number of alkyl halides is 3. The van der Waals surface area contributed by atoms with Gasteiger partial charge in [0.1, 0.15) is 12.4 Å². The molecule has 2 heterocycles. The van der Waals surface area contributed by atoms with Crippen molar-refractivity contribution in [3.63, 3.8) is 0 Å². The minimum atomic E-state index is -4.69. The number of hydrogen-bond acceptors (Lipinski definition) is 6. The third kappa shape index (κ3) is 7.25. The summed E-state index contributed by atoms with van der Waals surface area (Å²) in [5.41, 5.74) is 0.167. The average Bonchev–Trinajstić information content (AvgIpc) is 3.33. The molecular formula is C25H28F3N3O3S. The van der Waals surface area contributed by atoms with Crippen LogP contribution in [-0.2, 0) is 11.0 Å². The van der Waals surface area contributed by atoms with E-state index in [-0.39, 0.29) is 23.2 Å². The summed E-state index contributed by atoms with van der Waals surface area (Å²) in [5, 5.41) is 11.3. The second kappa shape index (κ2) is 12.6. The van der Waals surface area contributed by atoms with Gasteiger partial charge in [-0.1, -0.05) is 39.0 Å². The highest BCUT2D eigenvalue weighted by atomic mass is 32.1. The van der Waals surface area contributed by atoms with E-state index in [0.717, 1.165) is 54.4 Å². The number of benzene rings is 1. The van der Waals surface area contributed by atoms with Crippen LogP contribution in [0.5, 0.6) is 5.75 Å². The maximum absolute atomic E-state index is 13.9. The van der Waals surface area contributed by atoms with Crippen molar-refractivity contribution in [2.45, 2.75) is 51.6 Å². The van der Waals surface area contributed by atoms with Crippen LogP contribution in [0.15, 0.2) is 48.1 Å². The first-order valence-corrected chi connectivity index (χ1v) is 12.4. The maximum atomic E-state index is 13.9. The van der Waals surface area contributed by atoms with Gasteiger partial charge >= 0.3 is 6.18 Å². The summed E-state index contributed by atoms with van der Waals surface area (Å²) in [6.45, 7) is 1.41. The van der Waals surface area contributed by atoms with E-state index >= 15 is 0 Å². The lowest BCUT2D eigenvalue weighted by molar-refractivity contribution is -0.139. The molecule has 0 unspecified atom stereocenters. The van der Waals surface area contributed by atoms with Crippen LogP contribution < -0.4 is 9.64 Å². The minimum absolute atomic E-state index is 0.0598. The van der Waals surface area contributed by atoms with E-state index < -0.39 is 24.3 Å². The molecule has 188 valence electrons. The Kier molecular flexibility index (Phi) is 9.62. The van der Waals surface area contributed by atoms with Gasteiger partial charge < -0.3 is 9.84 Å². The Balaban J connectivity index is 1.84. The molecule has 0 aliphatic heterocycles. The Bertz CT molecular complexity index is 1090. The van der Waals surface area contributed by atoms with E-state index in [1.54, 1.807) is 29.9 Å². The molecule has 1 N–H and O–H groups in total. The normalized spacial score (nSPS) is 11.5. The minimum Gasteiger partial charge on any atom is -0.493 e. The van der Waals surface area contributed by atoms with E-state index in [1.165, 1.54) is 12.1 Å². The van der Waals surface area contributed by atoms with Crippen molar-refractivity contribution >= 4 is 28.1 Å². The van der Waals surface area contributed by atoms with Gasteiger partial charge in [0.15, 0.2) is 5.13 Å². The molecule has 1 aromatic carbocycles. The number of aliphatic hydroxyl groups excluding tert-OH is 1. The molecule has 0 aliphatic carbocycles. The van der Waals surface area contributed by atoms with E-state index in [1.807, 2.05) is 0 Å². The van der Waals surface area contributed by atoms with Crippen LogP contribution >= 0.6 is 11.3 Å². The number of ether oxygens (including phenoxy) is 1. The number of carbonyl (C=O) groups excluding carboxylic acids is 1. The van der Waals surface area contributed by atoms with Gasteiger partial charge in [-0.15, -0.1) is 11.3 Å². The predicted molar refractivity (Wildman–Crippen MR) is 130 cm³/mol. The molecule has 0 saturated carbocycles. The molecule has 0 saturated heterocycles. The van der Waals surface area contributed by atoms with E-state index in [2.05, 4.69) is 16.9 Å². The van der Waals surface area contributed by atoms with Crippen molar-refractivity contribution in [3.8, 4) is 17.0 Å². The van der Waals surface area contributed by atoms with Crippen LogP contribution in [0, 0.1) is 0 Å². The molecule has 0 fully saturated rings. The molecule has 2 aromatic heterocycles. The van der Waals surface area contributed by atoms with E-state index in [0.29, 0.717) is 17.7 Å². The molecule has 0 aliphatic rings. The molecular weight excluding hydrogens is 479 g/mol. The molecule has 35 heavy (non-hydrogen) atoms. The van der Waals surface area contributed by atoms with Gasteiger partial charge in [-0.05, 0) is 36.8 Å². The molecule has 6 nitrogen and oxygen atoms in total. The standard InChI is InChI=1S/C25H28F3N3O3S/c1-2-3-4-5-6-7-13-34-22-11-10-19(14-20(22)25(26,27)28)31(23(33)16-32)24-30-21(17-35-24)18-9-8-12-29-15-18/h8-12,14-15,17,32H,2-7,13,16H2,1H3. The number of pyridine rings is 1. The molecule has 0 atom stereocenters. The van der Waals surface area contributed by atoms with Crippen molar-refractivity contribution < 1.29 is 27.8 Å². The lowest BCUT2D eigenvalue weighted by atomic mass is 10.1. The number of amides is 1. The highest BCUT2D eigenvalue weighted by molar-refractivity contribution is 7.14. The fourth-order valence-corrected chi connectivity index (χ4v) is 4.38. The maximum Gasteiger partial charge on any atom is 0.420 e. The summed E-state index contributed by atoms with van der Waals surface area (Å²) in [5.74, 6) is -1.09. The quantitative estimate of drug-likeness (QED) is 0.279. The second-order valence-electron chi connectivity index (χ2n) is 7.94. The summed E-state index contributed by atoms with van der Waals surface area (Å²) < 4.78 is 47.1. The number of thiazole rings is 1. The third-order valence-corrected chi connectivity index (χ3v) is 6.13. The van der Waals surface area contributed by atoms with Crippen LogP contribution in [0.25, 0.3) is 11.3 Å². The fourth-order valence-electron chi connectivity index (χ4n) is 3.51. The van der Waals surface area contributed by atoms with Crippen LogP contribution in [0.1, 0.15) is 51.0 Å². The largest absolute Gasteiger partial charge is 0.493 e. The monoisotopic (exact) mass is 507 g/mol. The van der Waals surface area contributed by atoms with Gasteiger partial charge in [-0.3, -0.25) is 14.7 Å². The number of rotatable bonds is 12. The highest BCUT2D eigenvalue weighted by Gasteiger charge is 2.36. The van der Waals surface area contributed by atoms with Crippen molar-refractivity contribution in [2.24, 2.45) is 0 Å². The zero-order chi connectivity index (χ0) is 25.3. The molecule has 0 spiro atoms. The Hall–Kier alpha value is -2.98. The number of anilines is 2. The Labute approximate surface area is 206 Å². The van der Waals surface area contributed by atoms with Crippen molar-refractivity contribution in [2.75, 3.05) is 18.1 Å². The van der Waals surface area contributed by atoms with E-state index in [4.69, 9.17) is 4.74 Å². The molecule has 0 bridgehead atoms. The first-order valence-electron chi connectivity index (χ1n) is 11.5. The third-order valence-electron chi connectivity index (χ3n) is 5.31. The van der Waals surface area contributed by atoms with E-state index in [9.17, 15) is 23.1 Å². The summed E-state index contributed by atoms with van der Waals surface area (Å²) in [6.07, 6.45) is 4.45. The van der Waals surface area contributed by atoms with Crippen LogP contribution in [0.4, 0.5) is 24.0 Å². The summed E-state index contributed by atoms with van der Waals surface area (Å²) in [6, 6.07) is 6.94. The van der Waals surface area contributed by atoms with Crippen molar-refractivity contribution in [1.82, 2.24) is 9.97 Å². The SMILES string of the molecule is CCCCCCCCOc1ccc(N(C(=O)CO)c2nc(-c3cccnc3)cs2)cc1C(F)(F)F. The fraction of sp³-hybridized carbons (Fsp3) is 0.400. The number of aromatic nitrogens is 2. The average molecular weight is 508 g/mol. The number of nitrogens with zero attached hydrogens (tertiary/aromatic N) is 3. The number of halogens is 3. The number of aliphatic hydroxyl groups is 1. The summed E-state index contributed by atoms with van der Waals surface area (Å²) in [7, 11) is 0. The number of hydrogen-bond donors (Lipinski definition) is 1. The van der Waals surface area contributed by atoms with Crippen LogP contribution in [-0.4, -0.2) is 34.2 Å². The van der Waals surface area contributed by atoms with Gasteiger partial charge in [-0.2, -0.15) is 13.2 Å². The lowest BCUT2D eigenvalue weighted by Crippen LogP contribution is -2.29. The Morgan fingerprint density at radius 1 is 1.14 bits per heavy atom. The smallest absolute Gasteiger partial charge is 0.420 e. The highest BCUT2D eigenvalue weighted by Crippen LogP contribution is 2.41. The van der Waals surface area contributed by atoms with Gasteiger partial charge in [0.2, 0.25) is 0 Å². The molecule has 3 rings (SSSR count). The van der Waals surface area contributed by atoms with Crippen LogP contribution in [0.3, 0.4) is 0 Å². The molecule has 3 aromatic rings. The first-order chi connectivity index (χ1) is 16.8. The topological polar surface area (TPSA) is 75.5 Å². The summed E-state index contributed by atoms with van der Waals surface area (Å²) >= 11 is 1.08. The Morgan fingerprint density at radius 3 is 2.60 bits per heavy atom. The predicted octanol–water partition coefficient (Wildman–Crippen LogP) is 6.62. The summed E-state index contributed by atoms with van der Waals surface area (Å²) in [4.78, 5) is 21.9. The zero-order valence-electron chi connectivity index (χ0n) is 19.4. The van der Waals surface area contributed by atoms with Gasteiger partial charge in [0.05, 0.1) is 23.6 Å². The number of carbonyl (C=O) groups is 1. The first kappa shape index (κ1) is 26.6. The Morgan fingerprint density at radius 2 is 1.91 bits per heavy atom. The van der Waals surface area contributed by atoms with Crippen molar-refractivity contribution in [1.29, 1.82) is 0 Å². The van der Waals surface area contributed by atoms with Crippen LogP contribution in [0.2, 0.25) is 0 Å². The van der Waals surface area contributed by atoms with Gasteiger partial charge in [0.25, 0.3) is 5.91 Å². The molecule has 1 amide bonds. The van der Waals surface area contributed by atoms with Gasteiger partial charge in [-0.25, -0.2) is 4.98 Å². The van der Waals surface area contributed by atoms with Gasteiger partial charge in [0, 0.05) is 23.3 Å². The lowest BCUT2D eigenvalue weighted by Gasteiger charge is -2.22. The zero-order valence-corrected chi connectivity index (χ0v) is 20.2. The van der Waals surface area contributed by atoms with Crippen molar-refractivity contribution in [3.05, 3.63) is 53.7 Å². The number of unbranched alkanes of at least 4 members (excludes halogenated alkanes) is 5.